The van der Waals surface area contributed by atoms with Crippen LogP contribution in [0.5, 0.6) is 5.75 Å². The first-order valence-corrected chi connectivity index (χ1v) is 12.1. The second-order valence-electron chi connectivity index (χ2n) is 8.66. The van der Waals surface area contributed by atoms with Crippen LogP contribution < -0.4 is 9.64 Å². The third kappa shape index (κ3) is 5.97. The summed E-state index contributed by atoms with van der Waals surface area (Å²) in [7, 11) is 0. The van der Waals surface area contributed by atoms with Gasteiger partial charge in [0.1, 0.15) is 12.4 Å². The van der Waals surface area contributed by atoms with Gasteiger partial charge in [0.25, 0.3) is 0 Å². The standard InChI is InChI=1S/C29H33NO4/c1-2-19-34-28(29(31)32)21-22-14-16-25(17-15-22)33-20-18-30-26-12-5-3-8-23(26)10-7-11-24-9-4-6-13-27(24)30/h3-6,8-9,12-17,28H,2,7,10-11,18-21H2,1H3,(H,31,32). The minimum Gasteiger partial charge on any atom is -0.492 e. The quantitative estimate of drug-likeness (QED) is 0.414. The molecule has 0 saturated carbocycles. The van der Waals surface area contributed by atoms with Crippen molar-refractivity contribution in [1.82, 2.24) is 0 Å². The zero-order valence-electron chi connectivity index (χ0n) is 19.8. The summed E-state index contributed by atoms with van der Waals surface area (Å²) in [5.41, 5.74) is 6.17. The number of aryl methyl sites for hydroxylation is 2. The summed E-state index contributed by atoms with van der Waals surface area (Å²) in [5, 5.41) is 9.38. The van der Waals surface area contributed by atoms with Crippen LogP contribution in [0.4, 0.5) is 11.4 Å². The highest BCUT2D eigenvalue weighted by atomic mass is 16.5. The molecular weight excluding hydrogens is 426 g/mol. The number of carboxylic acid groups (broad SMARTS) is 1. The second-order valence-corrected chi connectivity index (χ2v) is 8.66. The summed E-state index contributed by atoms with van der Waals surface area (Å²) in [6, 6.07) is 24.9. The minimum absolute atomic E-state index is 0.344. The van der Waals surface area contributed by atoms with Gasteiger partial charge in [0, 0.05) is 24.4 Å². The number of fused-ring (bicyclic) bond motifs is 2. The Kier molecular flexibility index (Phi) is 8.21. The van der Waals surface area contributed by atoms with Gasteiger partial charge in [-0.15, -0.1) is 0 Å². The van der Waals surface area contributed by atoms with Crippen LogP contribution in [0.2, 0.25) is 0 Å². The molecule has 5 heteroatoms. The fraction of sp³-hybridized carbons (Fsp3) is 0.345. The zero-order valence-corrected chi connectivity index (χ0v) is 19.8. The normalized spacial score (nSPS) is 13.9. The number of nitrogens with zero attached hydrogens (tertiary/aromatic N) is 1. The molecule has 178 valence electrons. The molecule has 0 saturated heterocycles. The van der Waals surface area contributed by atoms with Gasteiger partial charge in [-0.2, -0.15) is 0 Å². The van der Waals surface area contributed by atoms with Crippen molar-refractivity contribution >= 4 is 17.3 Å². The summed E-state index contributed by atoms with van der Waals surface area (Å²) in [5.74, 6) is -0.152. The molecule has 34 heavy (non-hydrogen) atoms. The average Bonchev–Trinajstić information content (AvgIpc) is 2.85. The monoisotopic (exact) mass is 459 g/mol. The SMILES string of the molecule is CCCOC(Cc1ccc(OCCN2c3ccccc3CCCc3ccccc32)cc1)C(=O)O. The molecule has 0 radical (unpaired) electrons. The molecular formula is C29H33NO4. The fourth-order valence-electron chi connectivity index (χ4n) is 4.48. The van der Waals surface area contributed by atoms with Gasteiger partial charge in [0.15, 0.2) is 6.10 Å². The molecule has 0 amide bonds. The maximum Gasteiger partial charge on any atom is 0.333 e. The first kappa shape index (κ1) is 23.8. The molecule has 1 atom stereocenters. The molecule has 0 fully saturated rings. The van der Waals surface area contributed by atoms with E-state index in [1.807, 2.05) is 31.2 Å². The largest absolute Gasteiger partial charge is 0.492 e. The molecule has 1 aliphatic heterocycles. The van der Waals surface area contributed by atoms with Crippen LogP contribution >= 0.6 is 0 Å². The van der Waals surface area contributed by atoms with Gasteiger partial charge >= 0.3 is 5.97 Å². The molecule has 1 N–H and O–H groups in total. The number of ether oxygens (including phenoxy) is 2. The smallest absolute Gasteiger partial charge is 0.333 e. The Bertz CT molecular complexity index is 1030. The fourth-order valence-corrected chi connectivity index (χ4v) is 4.48. The predicted molar refractivity (Wildman–Crippen MR) is 135 cm³/mol. The van der Waals surface area contributed by atoms with Crippen molar-refractivity contribution in [3.63, 3.8) is 0 Å². The number of rotatable bonds is 10. The Hall–Kier alpha value is -3.31. The molecule has 3 aromatic carbocycles. The predicted octanol–water partition coefficient (Wildman–Crippen LogP) is 5.81. The van der Waals surface area contributed by atoms with Crippen molar-refractivity contribution < 1.29 is 19.4 Å². The van der Waals surface area contributed by atoms with Gasteiger partial charge in [0.2, 0.25) is 0 Å². The van der Waals surface area contributed by atoms with Crippen molar-refractivity contribution in [2.45, 2.75) is 45.1 Å². The molecule has 0 bridgehead atoms. The lowest BCUT2D eigenvalue weighted by molar-refractivity contribution is -0.150. The van der Waals surface area contributed by atoms with Gasteiger partial charge in [0.05, 0.1) is 6.54 Å². The van der Waals surface area contributed by atoms with Crippen LogP contribution in [0, 0.1) is 0 Å². The number of hydrogen-bond acceptors (Lipinski definition) is 4. The Labute approximate surface area is 201 Å². The minimum atomic E-state index is -0.928. The molecule has 5 nitrogen and oxygen atoms in total. The topological polar surface area (TPSA) is 59.0 Å². The van der Waals surface area contributed by atoms with Crippen LogP contribution in [0.1, 0.15) is 36.5 Å². The number of aliphatic carboxylic acids is 1. The number of para-hydroxylation sites is 2. The van der Waals surface area contributed by atoms with Gasteiger partial charge in [-0.25, -0.2) is 4.79 Å². The highest BCUT2D eigenvalue weighted by molar-refractivity contribution is 5.72. The number of hydrogen-bond donors (Lipinski definition) is 1. The number of anilines is 2. The van der Waals surface area contributed by atoms with E-state index in [2.05, 4.69) is 53.4 Å². The van der Waals surface area contributed by atoms with E-state index in [4.69, 9.17) is 9.47 Å². The molecule has 3 aromatic rings. The molecule has 0 spiro atoms. The van der Waals surface area contributed by atoms with E-state index in [9.17, 15) is 9.90 Å². The van der Waals surface area contributed by atoms with Gasteiger partial charge in [-0.1, -0.05) is 55.5 Å². The van der Waals surface area contributed by atoms with Crippen molar-refractivity contribution in [2.75, 3.05) is 24.7 Å². The molecule has 1 aliphatic rings. The van der Waals surface area contributed by atoms with E-state index in [1.54, 1.807) is 0 Å². The van der Waals surface area contributed by atoms with E-state index in [0.29, 0.717) is 19.6 Å². The van der Waals surface area contributed by atoms with Crippen LogP contribution in [-0.4, -0.2) is 36.9 Å². The van der Waals surface area contributed by atoms with Crippen LogP contribution in [0.15, 0.2) is 72.8 Å². The summed E-state index contributed by atoms with van der Waals surface area (Å²) in [4.78, 5) is 13.8. The molecule has 1 heterocycles. The Morgan fingerprint density at radius 1 is 0.912 bits per heavy atom. The molecule has 1 unspecified atom stereocenters. The van der Waals surface area contributed by atoms with Gasteiger partial charge < -0.3 is 19.5 Å². The third-order valence-corrected chi connectivity index (χ3v) is 6.18. The van der Waals surface area contributed by atoms with E-state index >= 15 is 0 Å². The summed E-state index contributed by atoms with van der Waals surface area (Å²) in [6.07, 6.45) is 3.61. The van der Waals surface area contributed by atoms with E-state index in [-0.39, 0.29) is 0 Å². The van der Waals surface area contributed by atoms with Crippen molar-refractivity contribution in [3.05, 3.63) is 89.5 Å². The maximum absolute atomic E-state index is 11.4. The number of carbonyl (C=O) groups is 1. The Morgan fingerprint density at radius 2 is 1.53 bits per heavy atom. The molecule has 0 aliphatic carbocycles. The summed E-state index contributed by atoms with van der Waals surface area (Å²) >= 11 is 0. The highest BCUT2D eigenvalue weighted by Gasteiger charge is 2.20. The van der Waals surface area contributed by atoms with Gasteiger partial charge in [-0.05, 0) is 66.6 Å². The zero-order chi connectivity index (χ0) is 23.8. The first-order valence-electron chi connectivity index (χ1n) is 12.1. The van der Waals surface area contributed by atoms with Crippen LogP contribution in [0.25, 0.3) is 0 Å². The lowest BCUT2D eigenvalue weighted by Gasteiger charge is -2.31. The molecule has 4 rings (SSSR count). The van der Waals surface area contributed by atoms with Crippen LogP contribution in [0.3, 0.4) is 0 Å². The molecule has 0 aromatic heterocycles. The van der Waals surface area contributed by atoms with Crippen molar-refractivity contribution in [1.29, 1.82) is 0 Å². The Balaban J connectivity index is 1.42. The van der Waals surface area contributed by atoms with E-state index in [0.717, 1.165) is 43.5 Å². The van der Waals surface area contributed by atoms with E-state index in [1.165, 1.54) is 22.5 Å². The van der Waals surface area contributed by atoms with Crippen molar-refractivity contribution in [3.8, 4) is 5.75 Å². The third-order valence-electron chi connectivity index (χ3n) is 6.18. The van der Waals surface area contributed by atoms with Crippen LogP contribution in [-0.2, 0) is 28.8 Å². The number of benzene rings is 3. The lowest BCUT2D eigenvalue weighted by Crippen LogP contribution is -2.27. The number of carboxylic acids is 1. The van der Waals surface area contributed by atoms with Gasteiger partial charge in [-0.3, -0.25) is 0 Å². The summed E-state index contributed by atoms with van der Waals surface area (Å²) < 4.78 is 11.6. The Morgan fingerprint density at radius 3 is 2.12 bits per heavy atom. The van der Waals surface area contributed by atoms with E-state index < -0.39 is 12.1 Å². The lowest BCUT2D eigenvalue weighted by atomic mass is 9.97. The first-order chi connectivity index (χ1) is 16.7. The highest BCUT2D eigenvalue weighted by Crippen LogP contribution is 2.34. The van der Waals surface area contributed by atoms with Crippen molar-refractivity contribution in [2.24, 2.45) is 0 Å². The average molecular weight is 460 g/mol. The second kappa shape index (κ2) is 11.7. The summed E-state index contributed by atoms with van der Waals surface area (Å²) in [6.45, 7) is 3.69. The maximum atomic E-state index is 11.4.